The maximum Gasteiger partial charge on any atom is 0.321 e. The second-order valence-electron chi connectivity index (χ2n) is 7.72. The molecule has 1 saturated carbocycles. The molecular formula is C21H31N7O4S. The SMILES string of the molecule is CCNC(=O)N(C)c1cnc(Nc2ccc(S(=O)(=O)NCCO)cc2)nc1NC1CCCC1. The highest BCUT2D eigenvalue weighted by Gasteiger charge is 2.21. The third-order valence-electron chi connectivity index (χ3n) is 5.28. The van der Waals surface area contributed by atoms with Gasteiger partial charge in [0.25, 0.3) is 0 Å². The Morgan fingerprint density at radius 2 is 1.91 bits per heavy atom. The van der Waals surface area contributed by atoms with Gasteiger partial charge in [0, 0.05) is 31.9 Å². The molecule has 3 rings (SSSR count). The topological polar surface area (TPSA) is 149 Å². The molecule has 1 heterocycles. The number of benzene rings is 1. The lowest BCUT2D eigenvalue weighted by atomic mass is 10.2. The van der Waals surface area contributed by atoms with E-state index in [0.717, 1.165) is 25.7 Å². The van der Waals surface area contributed by atoms with E-state index in [4.69, 9.17) is 5.11 Å². The minimum Gasteiger partial charge on any atom is -0.395 e. The zero-order valence-corrected chi connectivity index (χ0v) is 19.7. The first-order valence-electron chi connectivity index (χ1n) is 11.0. The van der Waals surface area contributed by atoms with Crippen LogP contribution in [-0.2, 0) is 10.0 Å². The molecule has 0 unspecified atom stereocenters. The van der Waals surface area contributed by atoms with Gasteiger partial charge < -0.3 is 21.1 Å². The molecule has 0 atom stereocenters. The van der Waals surface area contributed by atoms with Crippen molar-refractivity contribution < 1.29 is 18.3 Å². The summed E-state index contributed by atoms with van der Waals surface area (Å²) in [6, 6.07) is 6.16. The van der Waals surface area contributed by atoms with Gasteiger partial charge in [-0.25, -0.2) is 22.9 Å². The standard InChI is InChI=1S/C21H31N7O4S/c1-3-22-21(30)28(2)18-14-23-20(27-19(18)25-15-6-4-5-7-15)26-16-8-10-17(11-9-16)33(31,32)24-12-13-29/h8-11,14-15,24,29H,3-7,12-13H2,1-2H3,(H,22,30)(H2,23,25,26,27). The second kappa shape index (κ2) is 11.3. The van der Waals surface area contributed by atoms with Crippen LogP contribution in [0.5, 0.6) is 0 Å². The highest BCUT2D eigenvalue weighted by Crippen LogP contribution is 2.29. The van der Waals surface area contributed by atoms with E-state index in [1.807, 2.05) is 6.92 Å². The molecule has 12 heteroatoms. The molecule has 0 saturated heterocycles. The summed E-state index contributed by atoms with van der Waals surface area (Å²) >= 11 is 0. The number of aliphatic hydroxyl groups excluding tert-OH is 1. The Morgan fingerprint density at radius 1 is 1.21 bits per heavy atom. The fourth-order valence-electron chi connectivity index (χ4n) is 3.54. The maximum absolute atomic E-state index is 12.3. The molecule has 180 valence electrons. The molecule has 0 aliphatic heterocycles. The zero-order chi connectivity index (χ0) is 23.8. The number of hydrogen-bond donors (Lipinski definition) is 5. The quantitative estimate of drug-likeness (QED) is 0.349. The number of carbonyl (C=O) groups excluding carboxylic acids is 1. The van der Waals surface area contributed by atoms with Crippen molar-refractivity contribution in [1.82, 2.24) is 20.0 Å². The van der Waals surface area contributed by atoms with Gasteiger partial charge in [-0.1, -0.05) is 12.8 Å². The van der Waals surface area contributed by atoms with Gasteiger partial charge in [0.1, 0.15) is 5.69 Å². The molecule has 1 aromatic heterocycles. The summed E-state index contributed by atoms with van der Waals surface area (Å²) in [6.07, 6.45) is 5.96. The molecule has 2 aromatic rings. The van der Waals surface area contributed by atoms with Gasteiger partial charge >= 0.3 is 6.03 Å². The molecule has 1 aliphatic carbocycles. The van der Waals surface area contributed by atoms with Crippen LogP contribution in [0.1, 0.15) is 32.6 Å². The zero-order valence-electron chi connectivity index (χ0n) is 18.8. The second-order valence-corrected chi connectivity index (χ2v) is 9.49. The van der Waals surface area contributed by atoms with E-state index in [2.05, 4.69) is 30.6 Å². The normalized spacial score (nSPS) is 14.2. The number of nitrogens with one attached hydrogen (secondary N) is 4. The number of rotatable bonds is 10. The van der Waals surface area contributed by atoms with E-state index in [1.165, 1.54) is 17.0 Å². The first-order chi connectivity index (χ1) is 15.8. The van der Waals surface area contributed by atoms with Crippen molar-refractivity contribution in [2.24, 2.45) is 0 Å². The number of aliphatic hydroxyl groups is 1. The average Bonchev–Trinajstić information content (AvgIpc) is 3.31. The lowest BCUT2D eigenvalue weighted by Gasteiger charge is -2.23. The monoisotopic (exact) mass is 477 g/mol. The summed E-state index contributed by atoms with van der Waals surface area (Å²) in [4.78, 5) is 22.8. The van der Waals surface area contributed by atoms with E-state index < -0.39 is 10.0 Å². The van der Waals surface area contributed by atoms with Gasteiger partial charge in [-0.3, -0.25) is 4.90 Å². The predicted octanol–water partition coefficient (Wildman–Crippen LogP) is 2.01. The van der Waals surface area contributed by atoms with Crippen molar-refractivity contribution in [2.45, 2.75) is 43.5 Å². The molecular weight excluding hydrogens is 446 g/mol. The van der Waals surface area contributed by atoms with Crippen LogP contribution in [0.3, 0.4) is 0 Å². The van der Waals surface area contributed by atoms with Crippen molar-refractivity contribution in [3.8, 4) is 0 Å². The fourth-order valence-corrected chi connectivity index (χ4v) is 4.56. The molecule has 33 heavy (non-hydrogen) atoms. The van der Waals surface area contributed by atoms with Crippen molar-refractivity contribution in [2.75, 3.05) is 42.3 Å². The summed E-state index contributed by atoms with van der Waals surface area (Å²) in [5.41, 5.74) is 1.17. The molecule has 5 N–H and O–H groups in total. The lowest BCUT2D eigenvalue weighted by Crippen LogP contribution is -2.38. The van der Waals surface area contributed by atoms with Crippen LogP contribution in [0.2, 0.25) is 0 Å². The summed E-state index contributed by atoms with van der Waals surface area (Å²) in [7, 11) is -2.02. The van der Waals surface area contributed by atoms with Crippen LogP contribution in [0.15, 0.2) is 35.4 Å². The smallest absolute Gasteiger partial charge is 0.321 e. The number of urea groups is 1. The van der Waals surface area contributed by atoms with Gasteiger partial charge in [-0.05, 0) is 44.0 Å². The van der Waals surface area contributed by atoms with E-state index in [1.54, 1.807) is 25.4 Å². The van der Waals surface area contributed by atoms with Crippen molar-refractivity contribution in [1.29, 1.82) is 0 Å². The molecule has 1 fully saturated rings. The number of aromatic nitrogens is 2. The van der Waals surface area contributed by atoms with Crippen LogP contribution in [-0.4, -0.2) is 62.3 Å². The number of hydrogen-bond acceptors (Lipinski definition) is 8. The lowest BCUT2D eigenvalue weighted by molar-refractivity contribution is 0.248. The van der Waals surface area contributed by atoms with E-state index >= 15 is 0 Å². The van der Waals surface area contributed by atoms with E-state index in [9.17, 15) is 13.2 Å². The molecule has 2 amide bonds. The van der Waals surface area contributed by atoms with Gasteiger partial charge in [-0.2, -0.15) is 4.98 Å². The minimum absolute atomic E-state index is 0.0516. The largest absolute Gasteiger partial charge is 0.395 e. The minimum atomic E-state index is -3.68. The molecule has 11 nitrogen and oxygen atoms in total. The summed E-state index contributed by atoms with van der Waals surface area (Å²) in [6.45, 7) is 2.03. The molecule has 1 aromatic carbocycles. The summed E-state index contributed by atoms with van der Waals surface area (Å²) < 4.78 is 26.6. The Balaban J connectivity index is 1.80. The van der Waals surface area contributed by atoms with Crippen molar-refractivity contribution in [3.63, 3.8) is 0 Å². The Kier molecular flexibility index (Phi) is 8.42. The van der Waals surface area contributed by atoms with Crippen molar-refractivity contribution in [3.05, 3.63) is 30.5 Å². The fraction of sp³-hybridized carbons (Fsp3) is 0.476. The average molecular weight is 478 g/mol. The van der Waals surface area contributed by atoms with Gasteiger partial charge in [0.2, 0.25) is 16.0 Å². The third-order valence-corrected chi connectivity index (χ3v) is 6.76. The van der Waals surface area contributed by atoms with Gasteiger partial charge in [0.15, 0.2) is 5.82 Å². The Hall–Kier alpha value is -2.96. The third kappa shape index (κ3) is 6.53. The molecule has 0 radical (unpaired) electrons. The van der Waals surface area contributed by atoms with Crippen molar-refractivity contribution >= 4 is 39.2 Å². The Bertz CT molecular complexity index is 1040. The summed E-state index contributed by atoms with van der Waals surface area (Å²) in [5, 5.41) is 18.1. The van der Waals surface area contributed by atoms with Crippen LogP contribution in [0, 0.1) is 0 Å². The Morgan fingerprint density at radius 3 is 2.55 bits per heavy atom. The number of sulfonamides is 1. The maximum atomic E-state index is 12.3. The number of carbonyl (C=O) groups is 1. The Labute approximate surface area is 194 Å². The number of anilines is 4. The number of amides is 2. The molecule has 1 aliphatic rings. The highest BCUT2D eigenvalue weighted by atomic mass is 32.2. The van der Waals surface area contributed by atoms with Gasteiger partial charge in [-0.15, -0.1) is 0 Å². The van der Waals surface area contributed by atoms with Crippen LogP contribution >= 0.6 is 0 Å². The van der Waals surface area contributed by atoms with E-state index in [-0.39, 0.29) is 30.1 Å². The van der Waals surface area contributed by atoms with Crippen LogP contribution in [0.4, 0.5) is 27.9 Å². The predicted molar refractivity (Wildman–Crippen MR) is 127 cm³/mol. The number of nitrogens with zero attached hydrogens (tertiary/aromatic N) is 3. The molecule has 0 spiro atoms. The van der Waals surface area contributed by atoms with Crippen LogP contribution < -0.4 is 25.6 Å². The first kappa shape index (κ1) is 24.7. The van der Waals surface area contributed by atoms with Gasteiger partial charge in [0.05, 0.1) is 17.7 Å². The summed E-state index contributed by atoms with van der Waals surface area (Å²) in [5.74, 6) is 0.873. The highest BCUT2D eigenvalue weighted by molar-refractivity contribution is 7.89. The molecule has 0 bridgehead atoms. The first-order valence-corrected chi connectivity index (χ1v) is 12.4. The van der Waals surface area contributed by atoms with E-state index in [0.29, 0.717) is 29.7 Å². The van der Waals surface area contributed by atoms with Crippen LogP contribution in [0.25, 0.3) is 0 Å².